The summed E-state index contributed by atoms with van der Waals surface area (Å²) in [4.78, 5) is 4.51. The fraction of sp³-hybridized carbons (Fsp3) is 0.435. The van der Waals surface area contributed by atoms with Crippen molar-refractivity contribution in [2.24, 2.45) is 4.99 Å². The smallest absolute Gasteiger partial charge is 0.191 e. The molecular formula is C23H33N3O5. The summed E-state index contributed by atoms with van der Waals surface area (Å²) in [6.45, 7) is 3.58. The van der Waals surface area contributed by atoms with Gasteiger partial charge in [0.1, 0.15) is 11.5 Å². The molecule has 2 aromatic carbocycles. The van der Waals surface area contributed by atoms with Crippen LogP contribution in [0.4, 0.5) is 0 Å². The number of aliphatic imine (C=N–C) groups is 1. The normalized spacial score (nSPS) is 12.1. The number of methoxy groups -OCH3 is 4. The van der Waals surface area contributed by atoms with E-state index in [1.54, 1.807) is 46.6 Å². The molecule has 0 spiro atoms. The van der Waals surface area contributed by atoms with Crippen LogP contribution < -0.4 is 29.6 Å². The van der Waals surface area contributed by atoms with Crippen LogP contribution >= 0.6 is 0 Å². The zero-order valence-electron chi connectivity index (χ0n) is 18.9. The van der Waals surface area contributed by atoms with Crippen molar-refractivity contribution in [2.75, 3.05) is 48.1 Å². The van der Waals surface area contributed by atoms with Crippen molar-refractivity contribution < 1.29 is 24.1 Å². The summed E-state index contributed by atoms with van der Waals surface area (Å²) in [5, 5.41) is 17.1. The highest BCUT2D eigenvalue weighted by molar-refractivity contribution is 5.79. The van der Waals surface area contributed by atoms with Crippen LogP contribution in [0.1, 0.15) is 24.2 Å². The summed E-state index contributed by atoms with van der Waals surface area (Å²) < 4.78 is 21.2. The quantitative estimate of drug-likeness (QED) is 0.372. The number of hydrogen-bond acceptors (Lipinski definition) is 6. The van der Waals surface area contributed by atoms with Crippen LogP contribution in [0.15, 0.2) is 41.4 Å². The van der Waals surface area contributed by atoms with E-state index in [1.807, 2.05) is 25.1 Å². The fourth-order valence-electron chi connectivity index (χ4n) is 3.01. The predicted molar refractivity (Wildman–Crippen MR) is 122 cm³/mol. The van der Waals surface area contributed by atoms with Crippen molar-refractivity contribution in [1.29, 1.82) is 0 Å². The molecule has 0 bridgehead atoms. The molecule has 0 aliphatic heterocycles. The number of hydrogen-bond donors (Lipinski definition) is 3. The number of benzene rings is 2. The molecule has 0 aromatic heterocycles. The summed E-state index contributed by atoms with van der Waals surface area (Å²) in [5.41, 5.74) is 1.80. The van der Waals surface area contributed by atoms with Crippen molar-refractivity contribution in [3.05, 3.63) is 47.5 Å². The summed E-state index contributed by atoms with van der Waals surface area (Å²) in [6.07, 6.45) is -0.00857. The molecule has 0 heterocycles. The second kappa shape index (κ2) is 12.5. The number of ether oxygens (including phenoxy) is 4. The molecule has 0 saturated carbocycles. The Labute approximate surface area is 184 Å². The molecule has 0 amide bonds. The molecule has 0 saturated heterocycles. The molecule has 8 nitrogen and oxygen atoms in total. The molecule has 170 valence electrons. The van der Waals surface area contributed by atoms with Gasteiger partial charge in [-0.05, 0) is 48.7 Å². The second-order valence-electron chi connectivity index (χ2n) is 6.75. The van der Waals surface area contributed by atoms with Crippen molar-refractivity contribution in [3.63, 3.8) is 0 Å². The predicted octanol–water partition coefficient (Wildman–Crippen LogP) is 2.55. The minimum absolute atomic E-state index is 0.196. The Bertz CT molecular complexity index is 835. The summed E-state index contributed by atoms with van der Waals surface area (Å²) in [5.74, 6) is 3.29. The maximum Gasteiger partial charge on any atom is 0.191 e. The van der Waals surface area contributed by atoms with Crippen LogP contribution in [0.25, 0.3) is 0 Å². The lowest BCUT2D eigenvalue weighted by Crippen LogP contribution is -2.38. The van der Waals surface area contributed by atoms with E-state index in [9.17, 15) is 5.11 Å². The summed E-state index contributed by atoms with van der Waals surface area (Å²) in [7, 11) is 6.40. The van der Waals surface area contributed by atoms with Gasteiger partial charge in [-0.2, -0.15) is 0 Å². The van der Waals surface area contributed by atoms with Gasteiger partial charge in [-0.25, -0.2) is 0 Å². The number of nitrogens with one attached hydrogen (secondary N) is 2. The molecule has 31 heavy (non-hydrogen) atoms. The van der Waals surface area contributed by atoms with E-state index >= 15 is 0 Å². The fourth-order valence-corrected chi connectivity index (χ4v) is 3.01. The Morgan fingerprint density at radius 3 is 2.16 bits per heavy atom. The van der Waals surface area contributed by atoms with Gasteiger partial charge in [0, 0.05) is 19.2 Å². The van der Waals surface area contributed by atoms with Gasteiger partial charge in [-0.1, -0.05) is 6.07 Å². The number of aliphatic hydroxyl groups is 1. The SMILES string of the molecule is CCNC(=NCC(O)c1cc(OC)cc(OC)c1)NCCc1ccc(OC)c(OC)c1. The monoisotopic (exact) mass is 431 g/mol. The first-order valence-corrected chi connectivity index (χ1v) is 10.2. The summed E-state index contributed by atoms with van der Waals surface area (Å²) in [6, 6.07) is 11.2. The lowest BCUT2D eigenvalue weighted by Gasteiger charge is -2.15. The maximum atomic E-state index is 10.6. The number of guanidine groups is 1. The minimum atomic E-state index is -0.787. The third-order valence-electron chi connectivity index (χ3n) is 4.68. The van der Waals surface area contributed by atoms with Crippen LogP contribution in [-0.2, 0) is 6.42 Å². The highest BCUT2D eigenvalue weighted by Gasteiger charge is 2.11. The van der Waals surface area contributed by atoms with E-state index in [4.69, 9.17) is 18.9 Å². The first-order chi connectivity index (χ1) is 15.0. The van der Waals surface area contributed by atoms with Gasteiger partial charge in [0.05, 0.1) is 41.1 Å². The third-order valence-corrected chi connectivity index (χ3v) is 4.68. The molecule has 0 radical (unpaired) electrons. The second-order valence-corrected chi connectivity index (χ2v) is 6.75. The van der Waals surface area contributed by atoms with Gasteiger partial charge >= 0.3 is 0 Å². The molecule has 0 aliphatic carbocycles. The lowest BCUT2D eigenvalue weighted by molar-refractivity contribution is 0.186. The van der Waals surface area contributed by atoms with Gasteiger partial charge in [0.15, 0.2) is 17.5 Å². The Kier molecular flexibility index (Phi) is 9.77. The number of aliphatic hydroxyl groups excluding tert-OH is 1. The van der Waals surface area contributed by atoms with E-state index < -0.39 is 6.10 Å². The molecule has 0 fully saturated rings. The van der Waals surface area contributed by atoms with Crippen molar-refractivity contribution in [3.8, 4) is 23.0 Å². The van der Waals surface area contributed by atoms with E-state index in [2.05, 4.69) is 15.6 Å². The van der Waals surface area contributed by atoms with Crippen molar-refractivity contribution in [1.82, 2.24) is 10.6 Å². The van der Waals surface area contributed by atoms with Gasteiger partial charge in [-0.3, -0.25) is 4.99 Å². The van der Waals surface area contributed by atoms with Gasteiger partial charge < -0.3 is 34.7 Å². The average Bonchev–Trinajstić information content (AvgIpc) is 2.81. The van der Waals surface area contributed by atoms with Gasteiger partial charge in [-0.15, -0.1) is 0 Å². The standard InChI is InChI=1S/C23H33N3O5/c1-6-24-23(25-10-9-16-7-8-21(30-4)22(11-16)31-5)26-15-20(27)17-12-18(28-2)14-19(13-17)29-3/h7-8,11-14,20,27H,6,9-10,15H2,1-5H3,(H2,24,25,26). The Hall–Kier alpha value is -3.13. The van der Waals surface area contributed by atoms with Gasteiger partial charge in [0.2, 0.25) is 0 Å². The molecule has 0 aliphatic rings. The first-order valence-electron chi connectivity index (χ1n) is 10.2. The Morgan fingerprint density at radius 1 is 0.903 bits per heavy atom. The van der Waals surface area contributed by atoms with Crippen LogP contribution in [0.3, 0.4) is 0 Å². The first kappa shape index (κ1) is 24.1. The van der Waals surface area contributed by atoms with Crippen LogP contribution in [0.2, 0.25) is 0 Å². The minimum Gasteiger partial charge on any atom is -0.497 e. The van der Waals surface area contributed by atoms with E-state index in [0.29, 0.717) is 47.6 Å². The third kappa shape index (κ3) is 7.25. The molecule has 2 rings (SSSR count). The largest absolute Gasteiger partial charge is 0.497 e. The van der Waals surface area contributed by atoms with Gasteiger partial charge in [0.25, 0.3) is 0 Å². The number of nitrogens with zero attached hydrogens (tertiary/aromatic N) is 1. The highest BCUT2D eigenvalue weighted by Crippen LogP contribution is 2.28. The zero-order chi connectivity index (χ0) is 22.6. The van der Waals surface area contributed by atoms with Crippen LogP contribution in [0.5, 0.6) is 23.0 Å². The zero-order valence-corrected chi connectivity index (χ0v) is 18.9. The molecule has 1 atom stereocenters. The molecule has 8 heteroatoms. The maximum absolute atomic E-state index is 10.6. The van der Waals surface area contributed by atoms with Crippen molar-refractivity contribution >= 4 is 5.96 Å². The summed E-state index contributed by atoms with van der Waals surface area (Å²) >= 11 is 0. The van der Waals surface area contributed by atoms with Crippen molar-refractivity contribution in [2.45, 2.75) is 19.4 Å². The molecule has 3 N–H and O–H groups in total. The number of rotatable bonds is 11. The Morgan fingerprint density at radius 2 is 1.58 bits per heavy atom. The lowest BCUT2D eigenvalue weighted by atomic mass is 10.1. The highest BCUT2D eigenvalue weighted by atomic mass is 16.5. The van der Waals surface area contributed by atoms with E-state index in [0.717, 1.165) is 12.0 Å². The average molecular weight is 432 g/mol. The Balaban J connectivity index is 1.99. The molecule has 1 unspecified atom stereocenters. The molecular weight excluding hydrogens is 398 g/mol. The van der Waals surface area contributed by atoms with Crippen LogP contribution in [-0.4, -0.2) is 59.1 Å². The van der Waals surface area contributed by atoms with Crippen LogP contribution in [0, 0.1) is 0 Å². The van der Waals surface area contributed by atoms with E-state index in [1.165, 1.54) is 0 Å². The topological polar surface area (TPSA) is 93.6 Å². The molecule has 2 aromatic rings. The van der Waals surface area contributed by atoms with E-state index in [-0.39, 0.29) is 6.54 Å².